The Bertz CT molecular complexity index is 5140. The molecule has 1 aliphatic heterocycles. The van der Waals surface area contributed by atoms with Crippen LogP contribution in [0, 0.1) is 13.8 Å². The first-order valence-electron chi connectivity index (χ1n) is 29.0. The summed E-state index contributed by atoms with van der Waals surface area (Å²) < 4.78 is 7.37. The summed E-state index contributed by atoms with van der Waals surface area (Å²) in [5, 5.41) is 7.67. The average molecular weight is 1050 g/mol. The summed E-state index contributed by atoms with van der Waals surface area (Å²) in [5.74, 6) is 2.20. The van der Waals surface area contributed by atoms with Gasteiger partial charge in [0.1, 0.15) is 11.6 Å². The number of fused-ring (bicyclic) bond motifs is 14. The quantitative estimate of drug-likeness (QED) is 0.167. The van der Waals surface area contributed by atoms with E-state index in [0.717, 1.165) is 37.3 Å². The van der Waals surface area contributed by atoms with E-state index in [1.807, 2.05) is 12.4 Å². The highest BCUT2D eigenvalue weighted by molar-refractivity contribution is 6.17. The van der Waals surface area contributed by atoms with Crippen molar-refractivity contribution in [2.45, 2.75) is 51.5 Å². The molecular formula is C76H54N6. The van der Waals surface area contributed by atoms with Crippen molar-refractivity contribution in [2.75, 3.05) is 4.90 Å². The standard InChI is InChI=1S/C76H54N6/c1-45-33-35-77-71(37-45)81-69-31-25-49(47-23-29-67-59(39-47)55-17-9-11-19-65(55)79(67)53-13-5-3-6-14-53)41-61(69)63-43-51-22-28-58-74-52(21-27-57(73(51)74)75(63)81)44-64-62-42-50(26-32-70(62)82(76(58)64)72-38-46(2)34-36-78-72)48-24-30-68-60(40-48)56-18-10-12-20-66(56)80(68)54-15-7-4-8-16-54/h3-20,23-26,29-44,55,65H,21-22,27-28H2,1-2H3. The van der Waals surface area contributed by atoms with Crippen LogP contribution in [-0.4, -0.2) is 29.7 Å². The van der Waals surface area contributed by atoms with E-state index in [0.29, 0.717) is 0 Å². The van der Waals surface area contributed by atoms with Crippen molar-refractivity contribution in [1.82, 2.24) is 23.7 Å². The number of allylic oxidation sites excluding steroid dienone is 2. The number of pyridine rings is 2. The van der Waals surface area contributed by atoms with Crippen LogP contribution >= 0.6 is 0 Å². The predicted octanol–water partition coefficient (Wildman–Crippen LogP) is 18.3. The molecule has 82 heavy (non-hydrogen) atoms. The van der Waals surface area contributed by atoms with Gasteiger partial charge in [-0.3, -0.25) is 9.13 Å². The van der Waals surface area contributed by atoms with Crippen molar-refractivity contribution < 1.29 is 0 Å². The van der Waals surface area contributed by atoms with Crippen LogP contribution in [0.5, 0.6) is 0 Å². The van der Waals surface area contributed by atoms with Gasteiger partial charge in [-0.05, 0) is 227 Å². The fourth-order valence-corrected chi connectivity index (χ4v) is 15.2. The van der Waals surface area contributed by atoms with Crippen molar-refractivity contribution in [3.63, 3.8) is 0 Å². The third kappa shape index (κ3) is 6.52. The van der Waals surface area contributed by atoms with E-state index < -0.39 is 0 Å². The SMILES string of the molecule is Cc1ccnc(-n2c3ccc(-c4ccc5c(c4)C4C=CC=CC4N5c4ccccc4)cc3c3cc4c5c(c32)CCc2cc3c6cc(-c7ccc8c(c7)c7ccccc7n8-c7ccccc7)ccc6n(-c6cc(C)ccn6)c3c(c2-5)CC4)c1. The first-order chi connectivity index (χ1) is 40.5. The zero-order valence-corrected chi connectivity index (χ0v) is 45.6. The van der Waals surface area contributed by atoms with Crippen LogP contribution in [0.3, 0.4) is 0 Å². The first kappa shape index (κ1) is 45.8. The summed E-state index contributed by atoms with van der Waals surface area (Å²) in [6, 6.07) is 73.0. The van der Waals surface area contributed by atoms with Gasteiger partial charge in [0.2, 0.25) is 0 Å². The molecule has 388 valence electrons. The van der Waals surface area contributed by atoms with Crippen molar-refractivity contribution in [3.05, 3.63) is 270 Å². The lowest BCUT2D eigenvalue weighted by atomic mass is 9.74. The fourth-order valence-electron chi connectivity index (χ4n) is 15.2. The molecule has 5 aromatic heterocycles. The number of anilines is 2. The second-order valence-electron chi connectivity index (χ2n) is 23.3. The molecule has 3 aliphatic carbocycles. The van der Waals surface area contributed by atoms with E-state index in [1.165, 1.54) is 155 Å². The number of rotatable bonds is 6. The summed E-state index contributed by atoms with van der Waals surface area (Å²) in [6.07, 6.45) is 16.9. The number of nitrogens with zero attached hydrogens (tertiary/aromatic N) is 6. The Hall–Kier alpha value is -10.0. The smallest absolute Gasteiger partial charge is 0.137 e. The molecule has 0 saturated carbocycles. The van der Waals surface area contributed by atoms with Crippen LogP contribution in [-0.2, 0) is 25.7 Å². The first-order valence-corrected chi connectivity index (χ1v) is 29.0. The zero-order valence-electron chi connectivity index (χ0n) is 45.6. The highest BCUT2D eigenvalue weighted by atomic mass is 15.2. The number of hydrogen-bond acceptors (Lipinski definition) is 3. The lowest BCUT2D eigenvalue weighted by Crippen LogP contribution is -2.28. The highest BCUT2D eigenvalue weighted by Gasteiger charge is 2.38. The summed E-state index contributed by atoms with van der Waals surface area (Å²) >= 11 is 0. The van der Waals surface area contributed by atoms with Gasteiger partial charge in [0.25, 0.3) is 0 Å². The van der Waals surface area contributed by atoms with Crippen LogP contribution in [0.1, 0.15) is 44.9 Å². The van der Waals surface area contributed by atoms with Gasteiger partial charge in [-0.1, -0.05) is 103 Å². The minimum Gasteiger partial charge on any atom is -0.333 e. The molecule has 0 N–H and O–H groups in total. The van der Waals surface area contributed by atoms with Gasteiger partial charge in [0.05, 0.1) is 39.1 Å². The van der Waals surface area contributed by atoms with Crippen LogP contribution in [0.4, 0.5) is 11.4 Å². The molecule has 6 heterocycles. The van der Waals surface area contributed by atoms with Crippen LogP contribution < -0.4 is 4.90 Å². The fraction of sp³-hybridized carbons (Fsp3) is 0.105. The van der Waals surface area contributed by atoms with E-state index in [2.05, 4.69) is 251 Å². The molecular weight excluding hydrogens is 997 g/mol. The molecule has 4 aliphatic rings. The largest absolute Gasteiger partial charge is 0.333 e. The van der Waals surface area contributed by atoms with Crippen molar-refractivity contribution >= 4 is 76.8 Å². The van der Waals surface area contributed by atoms with E-state index in [1.54, 1.807) is 0 Å². The highest BCUT2D eigenvalue weighted by Crippen LogP contribution is 2.53. The molecule has 2 atom stereocenters. The molecule has 6 heteroatoms. The molecule has 0 fully saturated rings. The monoisotopic (exact) mass is 1050 g/mol. The minimum atomic E-state index is 0.244. The van der Waals surface area contributed by atoms with Crippen molar-refractivity contribution in [2.24, 2.45) is 0 Å². The van der Waals surface area contributed by atoms with Gasteiger partial charge in [0.15, 0.2) is 0 Å². The van der Waals surface area contributed by atoms with Gasteiger partial charge in [-0.25, -0.2) is 9.97 Å². The average Bonchev–Trinajstić information content (AvgIpc) is 2.35. The maximum Gasteiger partial charge on any atom is 0.137 e. The van der Waals surface area contributed by atoms with Crippen molar-refractivity contribution in [1.29, 1.82) is 0 Å². The summed E-state index contributed by atoms with van der Waals surface area (Å²) in [4.78, 5) is 12.8. The minimum absolute atomic E-state index is 0.244. The zero-order chi connectivity index (χ0) is 53.9. The molecule has 6 nitrogen and oxygen atoms in total. The molecule has 18 rings (SSSR count). The normalized spacial score (nSPS) is 15.9. The van der Waals surface area contributed by atoms with E-state index in [9.17, 15) is 0 Å². The Morgan fingerprint density at radius 3 is 1.46 bits per heavy atom. The van der Waals surface area contributed by atoms with Crippen LogP contribution in [0.15, 0.2) is 231 Å². The Morgan fingerprint density at radius 2 is 0.878 bits per heavy atom. The van der Waals surface area contributed by atoms with Crippen LogP contribution in [0.2, 0.25) is 0 Å². The molecule has 0 amide bonds. The Balaban J connectivity index is 0.828. The van der Waals surface area contributed by atoms with E-state index in [4.69, 9.17) is 9.97 Å². The van der Waals surface area contributed by atoms with Gasteiger partial charge in [-0.2, -0.15) is 0 Å². The number of benzene rings is 9. The number of hydrogen-bond donors (Lipinski definition) is 0. The Kier molecular flexibility index (Phi) is 9.62. The lowest BCUT2D eigenvalue weighted by molar-refractivity contribution is 0.745. The number of aromatic nitrogens is 5. The molecule has 2 unspecified atom stereocenters. The van der Waals surface area contributed by atoms with E-state index in [-0.39, 0.29) is 12.0 Å². The third-order valence-electron chi connectivity index (χ3n) is 18.7. The number of para-hydroxylation sites is 3. The number of aryl methyl sites for hydroxylation is 6. The molecule has 0 saturated heterocycles. The maximum absolute atomic E-state index is 5.14. The Labute approximate surface area is 474 Å². The second kappa shape index (κ2) is 17.2. The molecule has 0 spiro atoms. The summed E-state index contributed by atoms with van der Waals surface area (Å²) in [7, 11) is 0. The third-order valence-corrected chi connectivity index (χ3v) is 18.7. The van der Waals surface area contributed by atoms with Gasteiger partial charge in [0, 0.05) is 67.7 Å². The molecule has 0 radical (unpaired) electrons. The van der Waals surface area contributed by atoms with Crippen LogP contribution in [0.25, 0.3) is 116 Å². The Morgan fingerprint density at radius 1 is 0.390 bits per heavy atom. The maximum atomic E-state index is 5.14. The van der Waals surface area contributed by atoms with Crippen molar-refractivity contribution in [3.8, 4) is 50.7 Å². The topological polar surface area (TPSA) is 43.8 Å². The van der Waals surface area contributed by atoms with Gasteiger partial charge < -0.3 is 9.47 Å². The predicted molar refractivity (Wildman–Crippen MR) is 339 cm³/mol. The molecule has 14 aromatic rings. The second-order valence-corrected chi connectivity index (χ2v) is 23.3. The van der Waals surface area contributed by atoms with E-state index >= 15 is 0 Å². The lowest BCUT2D eigenvalue weighted by Gasteiger charge is -2.31. The van der Waals surface area contributed by atoms with Gasteiger partial charge in [-0.15, -0.1) is 0 Å². The van der Waals surface area contributed by atoms with Gasteiger partial charge >= 0.3 is 0 Å². The summed E-state index contributed by atoms with van der Waals surface area (Å²) in [5.41, 5.74) is 28.3. The molecule has 0 bridgehead atoms. The molecule has 9 aromatic carbocycles. The summed E-state index contributed by atoms with van der Waals surface area (Å²) in [6.45, 7) is 4.36.